The average molecular weight is 278 g/mol. The van der Waals surface area contributed by atoms with Crippen molar-refractivity contribution in [2.75, 3.05) is 13.2 Å². The van der Waals surface area contributed by atoms with Gasteiger partial charge in [0.05, 0.1) is 12.8 Å². The third-order valence-corrected chi connectivity index (χ3v) is 2.74. The number of nitrogens with one attached hydrogen (secondary N) is 1. The maximum atomic E-state index is 9.48. The minimum atomic E-state index is -1.63. The quantitative estimate of drug-likeness (QED) is 0.156. The Labute approximate surface area is 113 Å². The largest absolute Gasteiger partial charge is 0.394 e. The van der Waals surface area contributed by atoms with E-state index in [0.717, 1.165) is 31.9 Å². The molecule has 7 nitrogen and oxygen atoms in total. The summed E-state index contributed by atoms with van der Waals surface area (Å²) in [6.07, 6.45) is -0.709. The van der Waals surface area contributed by atoms with Crippen molar-refractivity contribution in [3.05, 3.63) is 0 Å². The van der Waals surface area contributed by atoms with Gasteiger partial charge in [0.15, 0.2) is 0 Å². The fourth-order valence-corrected chi connectivity index (χ4v) is 1.45. The molecule has 0 aromatic heterocycles. The van der Waals surface area contributed by atoms with E-state index < -0.39 is 31.0 Å². The fourth-order valence-electron chi connectivity index (χ4n) is 1.45. The molecule has 0 fully saturated rings. The average Bonchev–Trinajstić information content (AvgIpc) is 2.43. The molecule has 0 aliphatic carbocycles. The maximum absolute atomic E-state index is 9.48. The molecule has 6 N–H and O–H groups in total. The zero-order chi connectivity index (χ0) is 14.7. The Kier molecular flexibility index (Phi) is 10.7. The van der Waals surface area contributed by atoms with Gasteiger partial charge >= 0.3 is 0 Å². The molecule has 0 amide bonds. The molecule has 0 saturated heterocycles. The highest BCUT2D eigenvalue weighted by molar-refractivity contribution is 5.63. The predicted octanol–water partition coefficient (Wildman–Crippen LogP) is -1.42. The lowest BCUT2D eigenvalue weighted by Crippen LogP contribution is -2.46. The lowest BCUT2D eigenvalue weighted by molar-refractivity contribution is -0.1000. The smallest absolute Gasteiger partial charge is 0.119 e. The molecule has 19 heavy (non-hydrogen) atoms. The molecular formula is C12H26N2O5. The lowest BCUT2D eigenvalue weighted by atomic mass is 10.0. The number of hydrogen-bond donors (Lipinski definition) is 6. The first-order chi connectivity index (χ1) is 9.04. The van der Waals surface area contributed by atoms with Crippen LogP contribution in [0.2, 0.25) is 0 Å². The highest BCUT2D eigenvalue weighted by atomic mass is 16.4. The summed E-state index contributed by atoms with van der Waals surface area (Å²) in [7, 11) is 0. The van der Waals surface area contributed by atoms with E-state index in [2.05, 4.69) is 17.5 Å². The second-order valence-electron chi connectivity index (χ2n) is 4.47. The van der Waals surface area contributed by atoms with Crippen molar-refractivity contribution in [1.29, 1.82) is 0 Å². The maximum Gasteiger partial charge on any atom is 0.119 e. The monoisotopic (exact) mass is 278 g/mol. The van der Waals surface area contributed by atoms with Crippen LogP contribution in [0.15, 0.2) is 5.10 Å². The number of nitrogens with zero attached hydrogens (tertiary/aromatic N) is 1. The van der Waals surface area contributed by atoms with E-state index in [1.165, 1.54) is 0 Å². The van der Waals surface area contributed by atoms with Gasteiger partial charge in [0.25, 0.3) is 0 Å². The van der Waals surface area contributed by atoms with Gasteiger partial charge in [-0.15, -0.1) is 0 Å². The van der Waals surface area contributed by atoms with Crippen LogP contribution in [0, 0.1) is 0 Å². The minimum absolute atomic E-state index is 0.668. The van der Waals surface area contributed by atoms with Crippen molar-refractivity contribution in [3.8, 4) is 0 Å². The third-order valence-electron chi connectivity index (χ3n) is 2.74. The van der Waals surface area contributed by atoms with Crippen LogP contribution in [0.1, 0.15) is 32.6 Å². The first-order valence-electron chi connectivity index (χ1n) is 6.63. The molecule has 0 spiro atoms. The highest BCUT2D eigenvalue weighted by Gasteiger charge is 2.28. The van der Waals surface area contributed by atoms with Crippen molar-refractivity contribution in [2.24, 2.45) is 5.10 Å². The summed E-state index contributed by atoms with van der Waals surface area (Å²) < 4.78 is 0. The summed E-state index contributed by atoms with van der Waals surface area (Å²) in [6, 6.07) is 0. The van der Waals surface area contributed by atoms with Crippen molar-refractivity contribution >= 4 is 6.21 Å². The van der Waals surface area contributed by atoms with Crippen LogP contribution in [-0.4, -0.2) is 69.3 Å². The molecule has 0 unspecified atom stereocenters. The normalized spacial score (nSPS) is 18.2. The van der Waals surface area contributed by atoms with E-state index in [0.29, 0.717) is 6.54 Å². The first-order valence-corrected chi connectivity index (χ1v) is 6.63. The Balaban J connectivity index is 3.85. The molecule has 0 aliphatic heterocycles. The van der Waals surface area contributed by atoms with E-state index in [1.807, 2.05) is 0 Å². The molecule has 0 rings (SSSR count). The van der Waals surface area contributed by atoms with Crippen LogP contribution in [0.3, 0.4) is 0 Å². The Hall–Kier alpha value is -0.730. The van der Waals surface area contributed by atoms with Gasteiger partial charge in [0.2, 0.25) is 0 Å². The number of rotatable bonds is 11. The van der Waals surface area contributed by atoms with Crippen molar-refractivity contribution in [3.63, 3.8) is 0 Å². The SMILES string of the molecule is CCCCCCNN=C[C@@H](O)[C@@H](O)[C@H](O)[C@H](O)CO. The molecule has 0 radical (unpaired) electrons. The van der Waals surface area contributed by atoms with Crippen LogP contribution in [0.25, 0.3) is 0 Å². The first kappa shape index (κ1) is 18.3. The summed E-state index contributed by atoms with van der Waals surface area (Å²) in [4.78, 5) is 0. The Morgan fingerprint density at radius 2 is 1.74 bits per heavy atom. The molecule has 0 aliphatic rings. The lowest BCUT2D eigenvalue weighted by Gasteiger charge is -2.23. The van der Waals surface area contributed by atoms with Gasteiger partial charge in [-0.05, 0) is 6.42 Å². The number of hydrogen-bond acceptors (Lipinski definition) is 7. The van der Waals surface area contributed by atoms with Gasteiger partial charge in [0.1, 0.15) is 24.4 Å². The Morgan fingerprint density at radius 3 is 2.32 bits per heavy atom. The molecule has 0 saturated carbocycles. The number of aliphatic hydroxyl groups is 5. The van der Waals surface area contributed by atoms with Crippen LogP contribution in [-0.2, 0) is 0 Å². The summed E-state index contributed by atoms with van der Waals surface area (Å²) in [5, 5.41) is 49.7. The molecule has 0 bridgehead atoms. The molecule has 7 heteroatoms. The topological polar surface area (TPSA) is 126 Å². The Morgan fingerprint density at radius 1 is 1.05 bits per heavy atom. The summed E-state index contributed by atoms with van der Waals surface area (Å²) in [6.45, 7) is 2.09. The number of hydrazone groups is 1. The Bertz CT molecular complexity index is 240. The predicted molar refractivity (Wildman–Crippen MR) is 71.7 cm³/mol. The standard InChI is InChI=1S/C12H26N2O5/c1-2-3-4-5-6-13-14-7-9(16)11(18)12(19)10(17)8-15/h7,9-13,15-19H,2-6,8H2,1H3/t9-,10-,11-,12-/m1/s1. The minimum Gasteiger partial charge on any atom is -0.394 e. The van der Waals surface area contributed by atoms with E-state index in [1.54, 1.807) is 0 Å². The molecular weight excluding hydrogens is 252 g/mol. The molecule has 4 atom stereocenters. The van der Waals surface area contributed by atoms with Gasteiger partial charge in [-0.3, -0.25) is 0 Å². The summed E-state index contributed by atoms with van der Waals surface area (Å²) in [5.74, 6) is 0. The van der Waals surface area contributed by atoms with E-state index >= 15 is 0 Å². The van der Waals surface area contributed by atoms with Crippen molar-refractivity contribution in [2.45, 2.75) is 57.0 Å². The van der Waals surface area contributed by atoms with Crippen molar-refractivity contribution < 1.29 is 25.5 Å². The third kappa shape index (κ3) is 8.12. The molecule has 114 valence electrons. The van der Waals surface area contributed by atoms with Crippen molar-refractivity contribution in [1.82, 2.24) is 5.43 Å². The van der Waals surface area contributed by atoms with Gasteiger partial charge in [-0.25, -0.2) is 0 Å². The molecule has 0 aromatic rings. The van der Waals surface area contributed by atoms with Gasteiger partial charge in [0, 0.05) is 6.54 Å². The number of unbranched alkanes of at least 4 members (excludes halogenated alkanes) is 3. The summed E-state index contributed by atoms with van der Waals surface area (Å²) >= 11 is 0. The molecule has 0 aromatic carbocycles. The second-order valence-corrected chi connectivity index (χ2v) is 4.47. The van der Waals surface area contributed by atoms with E-state index in [4.69, 9.17) is 10.2 Å². The van der Waals surface area contributed by atoms with Crippen LogP contribution in [0.5, 0.6) is 0 Å². The van der Waals surface area contributed by atoms with Crippen LogP contribution < -0.4 is 5.43 Å². The van der Waals surface area contributed by atoms with E-state index in [9.17, 15) is 15.3 Å². The van der Waals surface area contributed by atoms with Gasteiger partial charge in [-0.1, -0.05) is 26.2 Å². The van der Waals surface area contributed by atoms with E-state index in [-0.39, 0.29) is 0 Å². The zero-order valence-electron chi connectivity index (χ0n) is 11.3. The zero-order valence-corrected chi connectivity index (χ0v) is 11.3. The van der Waals surface area contributed by atoms with Gasteiger partial charge < -0.3 is 31.0 Å². The van der Waals surface area contributed by atoms with Gasteiger partial charge in [-0.2, -0.15) is 5.10 Å². The van der Waals surface area contributed by atoms with Crippen LogP contribution >= 0.6 is 0 Å². The highest BCUT2D eigenvalue weighted by Crippen LogP contribution is 2.03. The fraction of sp³-hybridized carbons (Fsp3) is 0.917. The second kappa shape index (κ2) is 11.1. The van der Waals surface area contributed by atoms with Crippen LogP contribution in [0.4, 0.5) is 0 Å². The number of aliphatic hydroxyl groups excluding tert-OH is 5. The summed E-state index contributed by atoms with van der Waals surface area (Å²) in [5.41, 5.74) is 2.72. The molecule has 0 heterocycles.